The van der Waals surface area contributed by atoms with Crippen LogP contribution in [0.15, 0.2) is 64.9 Å². The molecular weight excluding hydrogens is 479 g/mol. The Hall–Kier alpha value is -2.79. The quantitative estimate of drug-likeness (QED) is 0.455. The van der Waals surface area contributed by atoms with Crippen LogP contribution in [0, 0.1) is 5.82 Å². The predicted octanol–water partition coefficient (Wildman–Crippen LogP) is 4.20. The number of halogens is 2. The van der Waals surface area contributed by atoms with Crippen molar-refractivity contribution in [3.8, 4) is 0 Å². The summed E-state index contributed by atoms with van der Waals surface area (Å²) in [6, 6.07) is 12.3. The van der Waals surface area contributed by atoms with Crippen LogP contribution in [0.3, 0.4) is 0 Å². The SMILES string of the molecule is CC(OC(=O)c1cccc(S(=O)(=O)NCc2cccs2)c1)C(=O)Nc1ccc(F)cc1Cl. The van der Waals surface area contributed by atoms with Crippen molar-refractivity contribution in [1.82, 2.24) is 4.72 Å². The number of sulfonamides is 1. The Kier molecular flexibility index (Phi) is 7.62. The lowest BCUT2D eigenvalue weighted by atomic mass is 10.2. The summed E-state index contributed by atoms with van der Waals surface area (Å²) in [5.41, 5.74) is 0.120. The number of thiophene rings is 1. The van der Waals surface area contributed by atoms with E-state index in [2.05, 4.69) is 10.0 Å². The minimum absolute atomic E-state index is 0.00941. The molecule has 0 saturated heterocycles. The highest BCUT2D eigenvalue weighted by molar-refractivity contribution is 7.89. The van der Waals surface area contributed by atoms with E-state index >= 15 is 0 Å². The summed E-state index contributed by atoms with van der Waals surface area (Å²) in [5, 5.41) is 4.27. The molecule has 0 aliphatic carbocycles. The third-order valence-corrected chi connectivity index (χ3v) is 6.83. The van der Waals surface area contributed by atoms with Crippen molar-refractivity contribution in [3.05, 3.63) is 81.3 Å². The maximum atomic E-state index is 13.1. The number of carbonyl (C=O) groups excluding carboxylic acids is 2. The monoisotopic (exact) mass is 496 g/mol. The molecule has 32 heavy (non-hydrogen) atoms. The van der Waals surface area contributed by atoms with Crippen LogP contribution in [0.5, 0.6) is 0 Å². The van der Waals surface area contributed by atoms with Crippen molar-refractivity contribution >= 4 is 50.5 Å². The average molecular weight is 497 g/mol. The van der Waals surface area contributed by atoms with Crippen LogP contribution in [0.1, 0.15) is 22.2 Å². The number of nitrogens with one attached hydrogen (secondary N) is 2. The molecule has 0 saturated carbocycles. The average Bonchev–Trinajstić information content (AvgIpc) is 3.28. The molecule has 0 aliphatic heterocycles. The largest absolute Gasteiger partial charge is 0.449 e. The van der Waals surface area contributed by atoms with Crippen LogP contribution in [0.2, 0.25) is 5.02 Å². The van der Waals surface area contributed by atoms with Gasteiger partial charge in [-0.3, -0.25) is 4.79 Å². The fourth-order valence-corrected chi connectivity index (χ4v) is 4.56. The Bertz CT molecular complexity index is 1230. The molecule has 3 aromatic rings. The molecule has 0 aliphatic rings. The summed E-state index contributed by atoms with van der Waals surface area (Å²) in [6.45, 7) is 1.46. The first-order valence-corrected chi connectivity index (χ1v) is 12.0. The molecule has 1 atom stereocenters. The zero-order chi connectivity index (χ0) is 23.3. The van der Waals surface area contributed by atoms with Crippen LogP contribution in [0.25, 0.3) is 0 Å². The van der Waals surface area contributed by atoms with Gasteiger partial charge in [0.2, 0.25) is 10.0 Å². The van der Waals surface area contributed by atoms with E-state index in [1.807, 2.05) is 11.4 Å². The van der Waals surface area contributed by atoms with E-state index in [0.717, 1.165) is 17.0 Å². The zero-order valence-corrected chi connectivity index (χ0v) is 19.1. The molecule has 2 N–H and O–H groups in total. The van der Waals surface area contributed by atoms with E-state index in [9.17, 15) is 22.4 Å². The maximum Gasteiger partial charge on any atom is 0.338 e. The third-order valence-electron chi connectivity index (χ3n) is 4.24. The molecule has 7 nitrogen and oxygen atoms in total. The van der Waals surface area contributed by atoms with Gasteiger partial charge in [-0.15, -0.1) is 11.3 Å². The van der Waals surface area contributed by atoms with E-state index < -0.39 is 33.8 Å². The van der Waals surface area contributed by atoms with Gasteiger partial charge in [0.05, 0.1) is 21.2 Å². The summed E-state index contributed by atoms with van der Waals surface area (Å²) < 4.78 is 45.8. The number of hydrogen-bond donors (Lipinski definition) is 2. The van der Waals surface area contributed by atoms with Gasteiger partial charge in [-0.2, -0.15) is 0 Å². The Morgan fingerprint density at radius 1 is 1.16 bits per heavy atom. The predicted molar refractivity (Wildman–Crippen MR) is 120 cm³/mol. The van der Waals surface area contributed by atoms with Gasteiger partial charge in [0.1, 0.15) is 5.82 Å². The Morgan fingerprint density at radius 2 is 1.94 bits per heavy atom. The number of amides is 1. The number of rotatable bonds is 8. The van der Waals surface area contributed by atoms with Crippen molar-refractivity contribution < 1.29 is 27.1 Å². The number of ether oxygens (including phenoxy) is 1. The Balaban J connectivity index is 1.65. The summed E-state index contributed by atoms with van der Waals surface area (Å²) in [4.78, 5) is 25.5. The van der Waals surface area contributed by atoms with Crippen LogP contribution in [-0.2, 0) is 26.1 Å². The molecule has 1 amide bonds. The smallest absolute Gasteiger partial charge is 0.338 e. The number of hydrogen-bond acceptors (Lipinski definition) is 6. The molecule has 1 heterocycles. The number of carbonyl (C=O) groups is 2. The lowest BCUT2D eigenvalue weighted by molar-refractivity contribution is -0.123. The van der Waals surface area contributed by atoms with Gasteiger partial charge >= 0.3 is 5.97 Å². The molecule has 1 unspecified atom stereocenters. The molecule has 0 fully saturated rings. The van der Waals surface area contributed by atoms with Crippen molar-refractivity contribution in [3.63, 3.8) is 0 Å². The van der Waals surface area contributed by atoms with Crippen molar-refractivity contribution in [2.24, 2.45) is 0 Å². The van der Waals surface area contributed by atoms with Gasteiger partial charge in [-0.25, -0.2) is 22.3 Å². The van der Waals surface area contributed by atoms with Crippen LogP contribution in [0.4, 0.5) is 10.1 Å². The Labute approximate surface area is 193 Å². The highest BCUT2D eigenvalue weighted by Crippen LogP contribution is 2.23. The van der Waals surface area contributed by atoms with E-state index in [4.69, 9.17) is 16.3 Å². The third kappa shape index (κ3) is 6.13. The molecule has 0 spiro atoms. The number of anilines is 1. The molecule has 2 aromatic carbocycles. The van der Waals surface area contributed by atoms with Crippen LogP contribution in [-0.4, -0.2) is 26.4 Å². The van der Waals surface area contributed by atoms with Gasteiger partial charge in [0.25, 0.3) is 5.91 Å². The summed E-state index contributed by atoms with van der Waals surface area (Å²) >= 11 is 7.29. The number of benzene rings is 2. The molecular formula is C21H18ClFN2O5S2. The maximum absolute atomic E-state index is 13.1. The summed E-state index contributed by atoms with van der Waals surface area (Å²) in [5.74, 6) is -2.13. The minimum atomic E-state index is -3.86. The molecule has 0 radical (unpaired) electrons. The van der Waals surface area contributed by atoms with Gasteiger partial charge in [-0.05, 0) is 54.8 Å². The molecule has 11 heteroatoms. The first-order chi connectivity index (χ1) is 15.2. The molecule has 1 aromatic heterocycles. The van der Waals surface area contributed by atoms with Crippen molar-refractivity contribution in [1.29, 1.82) is 0 Å². The standard InChI is InChI=1S/C21H18ClFN2O5S2/c1-13(20(26)25-19-8-7-15(23)11-18(19)22)30-21(27)14-4-2-6-17(10-14)32(28,29)24-12-16-5-3-9-31-16/h2-11,13,24H,12H2,1H3,(H,25,26). The highest BCUT2D eigenvalue weighted by Gasteiger charge is 2.22. The number of esters is 1. The molecule has 168 valence electrons. The van der Waals surface area contributed by atoms with Crippen molar-refractivity contribution in [2.45, 2.75) is 24.5 Å². The topological polar surface area (TPSA) is 102 Å². The van der Waals surface area contributed by atoms with E-state index in [-0.39, 0.29) is 27.7 Å². The van der Waals surface area contributed by atoms with Gasteiger partial charge < -0.3 is 10.1 Å². The first-order valence-electron chi connectivity index (χ1n) is 9.25. The summed E-state index contributed by atoms with van der Waals surface area (Å²) in [6.07, 6.45) is -1.22. The van der Waals surface area contributed by atoms with E-state index in [0.29, 0.717) is 0 Å². The zero-order valence-electron chi connectivity index (χ0n) is 16.7. The Morgan fingerprint density at radius 3 is 2.62 bits per heavy atom. The van der Waals surface area contributed by atoms with Gasteiger partial charge in [0.15, 0.2) is 6.10 Å². The molecule has 3 rings (SSSR count). The minimum Gasteiger partial charge on any atom is -0.449 e. The lowest BCUT2D eigenvalue weighted by Crippen LogP contribution is -2.30. The van der Waals surface area contributed by atoms with E-state index in [1.54, 1.807) is 6.07 Å². The normalized spacial score (nSPS) is 12.2. The fourth-order valence-electron chi connectivity index (χ4n) is 2.56. The second-order valence-corrected chi connectivity index (χ2v) is 9.80. The molecule has 0 bridgehead atoms. The van der Waals surface area contributed by atoms with Crippen LogP contribution < -0.4 is 10.0 Å². The first kappa shape index (κ1) is 23.9. The second kappa shape index (κ2) is 10.2. The second-order valence-electron chi connectivity index (χ2n) is 6.59. The van der Waals surface area contributed by atoms with Crippen LogP contribution >= 0.6 is 22.9 Å². The fraction of sp³-hybridized carbons (Fsp3) is 0.143. The summed E-state index contributed by atoms with van der Waals surface area (Å²) in [7, 11) is -3.86. The highest BCUT2D eigenvalue weighted by atomic mass is 35.5. The van der Waals surface area contributed by atoms with Gasteiger partial charge in [-0.1, -0.05) is 23.7 Å². The van der Waals surface area contributed by atoms with Gasteiger partial charge in [0, 0.05) is 11.4 Å². The van der Waals surface area contributed by atoms with E-state index in [1.165, 1.54) is 48.6 Å². The lowest BCUT2D eigenvalue weighted by Gasteiger charge is -2.14. The van der Waals surface area contributed by atoms with Crippen molar-refractivity contribution in [2.75, 3.05) is 5.32 Å².